The standard InChI is InChI=1S/C15H26N2O4S/c1-9(2)12(13(16)19)17-22(20,21)8-15-6-5-10(7-11(15)18)14(15,3)4/h9-10,12,17H,5-8H2,1-4H3,(H2,16,19). The lowest BCUT2D eigenvalue weighted by Gasteiger charge is -2.36. The smallest absolute Gasteiger partial charge is 0.235 e. The highest BCUT2D eigenvalue weighted by molar-refractivity contribution is 7.89. The molecule has 7 heteroatoms. The lowest BCUT2D eigenvalue weighted by atomic mass is 9.70. The molecule has 2 aliphatic carbocycles. The van der Waals surface area contributed by atoms with Crippen LogP contribution in [0.2, 0.25) is 0 Å². The Morgan fingerprint density at radius 2 is 2.00 bits per heavy atom. The summed E-state index contributed by atoms with van der Waals surface area (Å²) in [5.74, 6) is -0.893. The third kappa shape index (κ3) is 2.58. The number of rotatable bonds is 6. The number of fused-ring (bicyclic) bond motifs is 2. The number of carbonyl (C=O) groups excluding carboxylic acids is 2. The zero-order chi connectivity index (χ0) is 16.9. The third-order valence-corrected chi connectivity index (χ3v) is 7.34. The molecule has 0 aliphatic heterocycles. The Balaban J connectivity index is 2.25. The van der Waals surface area contributed by atoms with Crippen LogP contribution in [0.1, 0.15) is 47.0 Å². The number of hydrogen-bond acceptors (Lipinski definition) is 4. The summed E-state index contributed by atoms with van der Waals surface area (Å²) < 4.78 is 27.5. The molecule has 0 radical (unpaired) electrons. The summed E-state index contributed by atoms with van der Waals surface area (Å²) in [6, 6.07) is -0.946. The monoisotopic (exact) mass is 330 g/mol. The van der Waals surface area contributed by atoms with Gasteiger partial charge in [0, 0.05) is 11.8 Å². The maximum atomic E-state index is 12.6. The summed E-state index contributed by atoms with van der Waals surface area (Å²) in [7, 11) is -3.77. The average Bonchev–Trinajstić information content (AvgIpc) is 2.68. The van der Waals surface area contributed by atoms with Gasteiger partial charge in [0.05, 0.1) is 5.75 Å². The Morgan fingerprint density at radius 1 is 1.41 bits per heavy atom. The van der Waals surface area contributed by atoms with Gasteiger partial charge in [0.15, 0.2) is 0 Å². The molecule has 3 N–H and O–H groups in total. The highest BCUT2D eigenvalue weighted by Crippen LogP contribution is 2.64. The van der Waals surface area contributed by atoms with E-state index in [1.54, 1.807) is 13.8 Å². The molecule has 6 nitrogen and oxygen atoms in total. The minimum atomic E-state index is -3.77. The van der Waals surface area contributed by atoms with E-state index in [2.05, 4.69) is 4.72 Å². The van der Waals surface area contributed by atoms with Crippen LogP contribution in [0.3, 0.4) is 0 Å². The van der Waals surface area contributed by atoms with Crippen molar-refractivity contribution < 1.29 is 18.0 Å². The molecule has 22 heavy (non-hydrogen) atoms. The summed E-state index contributed by atoms with van der Waals surface area (Å²) in [6.45, 7) is 7.43. The zero-order valence-corrected chi connectivity index (χ0v) is 14.5. The molecule has 0 aromatic rings. The van der Waals surface area contributed by atoms with Gasteiger partial charge < -0.3 is 5.73 Å². The average molecular weight is 330 g/mol. The molecule has 0 heterocycles. The molecule has 0 aromatic carbocycles. The second kappa shape index (κ2) is 5.30. The summed E-state index contributed by atoms with van der Waals surface area (Å²) in [6.07, 6.45) is 1.96. The summed E-state index contributed by atoms with van der Waals surface area (Å²) in [5.41, 5.74) is 4.12. The van der Waals surface area contributed by atoms with Gasteiger partial charge in [0.25, 0.3) is 0 Å². The number of carbonyl (C=O) groups is 2. The fourth-order valence-electron chi connectivity index (χ4n) is 4.19. The topological polar surface area (TPSA) is 106 Å². The lowest BCUT2D eigenvalue weighted by molar-refractivity contribution is -0.128. The van der Waals surface area contributed by atoms with Crippen molar-refractivity contribution in [1.29, 1.82) is 0 Å². The molecule has 2 bridgehead atoms. The molecule has 2 aliphatic rings. The van der Waals surface area contributed by atoms with E-state index in [1.165, 1.54) is 0 Å². The van der Waals surface area contributed by atoms with Crippen LogP contribution in [-0.2, 0) is 19.6 Å². The van der Waals surface area contributed by atoms with E-state index in [0.29, 0.717) is 12.8 Å². The van der Waals surface area contributed by atoms with Crippen molar-refractivity contribution in [2.24, 2.45) is 28.4 Å². The highest BCUT2D eigenvalue weighted by atomic mass is 32.2. The first-order chi connectivity index (χ1) is 9.93. The first-order valence-corrected chi connectivity index (χ1v) is 9.41. The molecular formula is C15H26N2O4S. The van der Waals surface area contributed by atoms with Gasteiger partial charge in [-0.1, -0.05) is 27.7 Å². The van der Waals surface area contributed by atoms with Gasteiger partial charge in [-0.05, 0) is 30.1 Å². The molecule has 0 saturated heterocycles. The highest BCUT2D eigenvalue weighted by Gasteiger charge is 2.65. The van der Waals surface area contributed by atoms with Crippen molar-refractivity contribution >= 4 is 21.7 Å². The van der Waals surface area contributed by atoms with E-state index >= 15 is 0 Å². The molecule has 1 amide bonds. The Hall–Kier alpha value is -0.950. The van der Waals surface area contributed by atoms with Crippen LogP contribution in [0.5, 0.6) is 0 Å². The van der Waals surface area contributed by atoms with Crippen molar-refractivity contribution in [2.45, 2.75) is 53.0 Å². The number of amides is 1. The number of Topliss-reactive ketones (excluding diaryl/α,β-unsaturated/α-hetero) is 1. The van der Waals surface area contributed by atoms with Crippen LogP contribution in [0.4, 0.5) is 0 Å². The molecule has 0 spiro atoms. The Kier molecular flexibility index (Phi) is 4.19. The normalized spacial score (nSPS) is 31.7. The van der Waals surface area contributed by atoms with E-state index in [9.17, 15) is 18.0 Å². The SMILES string of the molecule is CC(C)C(NS(=O)(=O)CC12CCC(CC1=O)C2(C)C)C(N)=O. The first-order valence-electron chi connectivity index (χ1n) is 7.75. The number of hydrogen-bond donors (Lipinski definition) is 2. The fourth-order valence-corrected chi connectivity index (χ4v) is 6.38. The van der Waals surface area contributed by atoms with Crippen molar-refractivity contribution in [3.8, 4) is 0 Å². The Morgan fingerprint density at radius 3 is 2.36 bits per heavy atom. The van der Waals surface area contributed by atoms with Gasteiger partial charge in [-0.25, -0.2) is 13.1 Å². The van der Waals surface area contributed by atoms with E-state index in [4.69, 9.17) is 5.73 Å². The van der Waals surface area contributed by atoms with E-state index in [-0.39, 0.29) is 28.8 Å². The van der Waals surface area contributed by atoms with Crippen molar-refractivity contribution in [1.82, 2.24) is 4.72 Å². The van der Waals surface area contributed by atoms with Crippen LogP contribution in [0, 0.1) is 22.7 Å². The molecule has 2 rings (SSSR count). The van der Waals surface area contributed by atoms with Crippen LogP contribution in [-0.4, -0.2) is 31.9 Å². The lowest BCUT2D eigenvalue weighted by Crippen LogP contribution is -2.52. The number of sulfonamides is 1. The van der Waals surface area contributed by atoms with Gasteiger partial charge >= 0.3 is 0 Å². The minimum Gasteiger partial charge on any atom is -0.368 e. The van der Waals surface area contributed by atoms with E-state index in [1.807, 2.05) is 13.8 Å². The van der Waals surface area contributed by atoms with Gasteiger partial charge in [0.1, 0.15) is 11.8 Å². The predicted molar refractivity (Wildman–Crippen MR) is 83.3 cm³/mol. The summed E-state index contributed by atoms with van der Waals surface area (Å²) >= 11 is 0. The largest absolute Gasteiger partial charge is 0.368 e. The third-order valence-electron chi connectivity index (χ3n) is 5.86. The van der Waals surface area contributed by atoms with Crippen LogP contribution < -0.4 is 10.5 Å². The maximum Gasteiger partial charge on any atom is 0.235 e. The van der Waals surface area contributed by atoms with Gasteiger partial charge in [-0.2, -0.15) is 0 Å². The quantitative estimate of drug-likeness (QED) is 0.751. The minimum absolute atomic E-state index is 0.0410. The first kappa shape index (κ1) is 17.4. The van der Waals surface area contributed by atoms with E-state index in [0.717, 1.165) is 6.42 Å². The van der Waals surface area contributed by atoms with Crippen LogP contribution in [0.15, 0.2) is 0 Å². The van der Waals surface area contributed by atoms with Crippen LogP contribution in [0.25, 0.3) is 0 Å². The molecule has 126 valence electrons. The van der Waals surface area contributed by atoms with E-state index < -0.39 is 27.4 Å². The number of primary amides is 1. The summed E-state index contributed by atoms with van der Waals surface area (Å²) in [4.78, 5) is 23.9. The van der Waals surface area contributed by atoms with Crippen molar-refractivity contribution in [2.75, 3.05) is 5.75 Å². The molecule has 2 saturated carbocycles. The van der Waals surface area contributed by atoms with Gasteiger partial charge in [-0.15, -0.1) is 0 Å². The second-order valence-corrected chi connectivity index (χ2v) is 9.42. The Bertz CT molecular complexity index is 597. The maximum absolute atomic E-state index is 12.6. The molecular weight excluding hydrogens is 304 g/mol. The summed E-state index contributed by atoms with van der Waals surface area (Å²) in [5, 5.41) is 0. The number of ketones is 1. The van der Waals surface area contributed by atoms with Gasteiger partial charge in [-0.3, -0.25) is 9.59 Å². The zero-order valence-electron chi connectivity index (χ0n) is 13.7. The Labute approximate surface area is 132 Å². The molecule has 3 atom stereocenters. The van der Waals surface area contributed by atoms with Crippen molar-refractivity contribution in [3.05, 3.63) is 0 Å². The fraction of sp³-hybridized carbons (Fsp3) is 0.867. The number of nitrogens with one attached hydrogen (secondary N) is 1. The molecule has 3 unspecified atom stereocenters. The number of nitrogens with two attached hydrogens (primary N) is 1. The second-order valence-electron chi connectivity index (χ2n) is 7.67. The van der Waals surface area contributed by atoms with Gasteiger partial charge in [0.2, 0.25) is 15.9 Å². The van der Waals surface area contributed by atoms with Crippen molar-refractivity contribution in [3.63, 3.8) is 0 Å². The van der Waals surface area contributed by atoms with Crippen LogP contribution >= 0.6 is 0 Å². The molecule has 2 fully saturated rings. The predicted octanol–water partition coefficient (Wildman–Crippen LogP) is 0.811. The molecule has 0 aromatic heterocycles.